The van der Waals surface area contributed by atoms with Crippen LogP contribution in [0.25, 0.3) is 0 Å². The molecule has 0 unspecified atom stereocenters. The summed E-state index contributed by atoms with van der Waals surface area (Å²) in [5.74, 6) is -0.582. The van der Waals surface area contributed by atoms with Crippen LogP contribution in [0.5, 0.6) is 0 Å². The van der Waals surface area contributed by atoms with Gasteiger partial charge in [0.25, 0.3) is 0 Å². The molecule has 0 atom stereocenters. The van der Waals surface area contributed by atoms with E-state index in [1.54, 1.807) is 0 Å². The third-order valence-electron chi connectivity index (χ3n) is 2.57. The Morgan fingerprint density at radius 1 is 1.24 bits per heavy atom. The van der Waals surface area contributed by atoms with Gasteiger partial charge in [-0.15, -0.1) is 0 Å². The quantitative estimate of drug-likeness (QED) is 0.775. The summed E-state index contributed by atoms with van der Waals surface area (Å²) in [5, 5.41) is 0. The van der Waals surface area contributed by atoms with Crippen molar-refractivity contribution in [3.8, 4) is 0 Å². The minimum atomic E-state index is -0.305. The second kappa shape index (κ2) is 6.08. The van der Waals surface area contributed by atoms with Gasteiger partial charge in [0, 0.05) is 12.1 Å². The van der Waals surface area contributed by atoms with Crippen molar-refractivity contribution in [1.82, 2.24) is 4.98 Å². The van der Waals surface area contributed by atoms with Gasteiger partial charge in [-0.05, 0) is 24.5 Å². The summed E-state index contributed by atoms with van der Waals surface area (Å²) < 4.78 is 9.19. The zero-order valence-corrected chi connectivity index (χ0v) is 10.3. The van der Waals surface area contributed by atoms with Gasteiger partial charge in [-0.2, -0.15) is 0 Å². The van der Waals surface area contributed by atoms with Crippen molar-refractivity contribution >= 4 is 11.9 Å². The van der Waals surface area contributed by atoms with Gasteiger partial charge in [-0.3, -0.25) is 9.59 Å². The number of carbonyl (C=O) groups is 2. The second-order valence-electron chi connectivity index (χ2n) is 3.66. The number of aromatic nitrogens is 1. The molecule has 0 aliphatic carbocycles. The molecule has 0 spiro atoms. The maximum absolute atomic E-state index is 11.2. The number of methoxy groups -OCH3 is 2. The smallest absolute Gasteiger partial charge is 0.310 e. The van der Waals surface area contributed by atoms with Crippen LogP contribution in [-0.4, -0.2) is 31.1 Å². The lowest BCUT2D eigenvalue weighted by molar-refractivity contribution is -0.140. The normalized spacial score (nSPS) is 10.1. The van der Waals surface area contributed by atoms with E-state index in [0.29, 0.717) is 6.42 Å². The summed E-state index contributed by atoms with van der Waals surface area (Å²) in [4.78, 5) is 25.2. The van der Waals surface area contributed by atoms with Gasteiger partial charge in [0.05, 0.1) is 26.8 Å². The first-order valence-electron chi connectivity index (χ1n) is 5.30. The SMILES string of the molecule is COC(=O)CCc1[c][nH]c(C)c1CC(=O)OC. The third kappa shape index (κ3) is 3.62. The lowest BCUT2D eigenvalue weighted by Crippen LogP contribution is -2.08. The van der Waals surface area contributed by atoms with E-state index in [2.05, 4.69) is 20.7 Å². The molecule has 5 nitrogen and oxygen atoms in total. The fourth-order valence-corrected chi connectivity index (χ4v) is 1.54. The van der Waals surface area contributed by atoms with Gasteiger partial charge >= 0.3 is 11.9 Å². The summed E-state index contributed by atoms with van der Waals surface area (Å²) >= 11 is 0. The van der Waals surface area contributed by atoms with Crippen molar-refractivity contribution in [1.29, 1.82) is 0 Å². The Morgan fingerprint density at radius 3 is 2.47 bits per heavy atom. The second-order valence-corrected chi connectivity index (χ2v) is 3.66. The van der Waals surface area contributed by atoms with Gasteiger partial charge in [0.2, 0.25) is 0 Å². The van der Waals surface area contributed by atoms with Crippen molar-refractivity contribution in [2.24, 2.45) is 0 Å². The number of nitrogens with one attached hydrogen (secondary N) is 1. The lowest BCUT2D eigenvalue weighted by atomic mass is 10.0. The summed E-state index contributed by atoms with van der Waals surface area (Å²) in [6.07, 6.45) is 3.92. The zero-order valence-electron chi connectivity index (χ0n) is 10.3. The van der Waals surface area contributed by atoms with Crippen molar-refractivity contribution in [2.45, 2.75) is 26.2 Å². The predicted octanol–water partition coefficient (Wildman–Crippen LogP) is 0.944. The molecule has 0 aliphatic heterocycles. The first-order valence-corrected chi connectivity index (χ1v) is 5.30. The number of ether oxygens (including phenoxy) is 2. The molecule has 93 valence electrons. The number of hydrogen-bond acceptors (Lipinski definition) is 4. The maximum Gasteiger partial charge on any atom is 0.310 e. The molecule has 0 fully saturated rings. The molecular weight excluding hydrogens is 222 g/mol. The average molecular weight is 238 g/mol. The Hall–Kier alpha value is -1.78. The Kier molecular flexibility index (Phi) is 4.75. The van der Waals surface area contributed by atoms with Crippen LogP contribution in [0.15, 0.2) is 0 Å². The Balaban J connectivity index is 2.72. The highest BCUT2D eigenvalue weighted by molar-refractivity contribution is 5.73. The lowest BCUT2D eigenvalue weighted by Gasteiger charge is -2.03. The molecule has 17 heavy (non-hydrogen) atoms. The zero-order chi connectivity index (χ0) is 12.8. The molecule has 1 aromatic heterocycles. The molecule has 1 heterocycles. The summed E-state index contributed by atoms with van der Waals surface area (Å²) in [5.41, 5.74) is 2.55. The van der Waals surface area contributed by atoms with Crippen LogP contribution in [0.3, 0.4) is 0 Å². The van der Waals surface area contributed by atoms with Crippen molar-refractivity contribution in [3.63, 3.8) is 0 Å². The van der Waals surface area contributed by atoms with E-state index >= 15 is 0 Å². The van der Waals surface area contributed by atoms with Gasteiger partial charge in [0.15, 0.2) is 0 Å². The molecule has 1 radical (unpaired) electrons. The van der Waals surface area contributed by atoms with Crippen LogP contribution in [-0.2, 0) is 31.9 Å². The summed E-state index contributed by atoms with van der Waals surface area (Å²) in [7, 11) is 2.70. The third-order valence-corrected chi connectivity index (χ3v) is 2.57. The van der Waals surface area contributed by atoms with E-state index < -0.39 is 0 Å². The minimum Gasteiger partial charge on any atom is -0.469 e. The van der Waals surface area contributed by atoms with E-state index in [9.17, 15) is 9.59 Å². The van der Waals surface area contributed by atoms with Crippen LogP contribution in [0.4, 0.5) is 0 Å². The molecule has 0 saturated heterocycles. The standard InChI is InChI=1S/C12H16NO4/c1-8-10(6-12(15)17-3)9(7-13-8)4-5-11(14)16-2/h13H,4-6H2,1-3H3. The van der Waals surface area contributed by atoms with Crippen molar-refractivity contribution in [3.05, 3.63) is 23.0 Å². The van der Waals surface area contributed by atoms with Crippen molar-refractivity contribution < 1.29 is 19.1 Å². The molecule has 1 N–H and O–H groups in total. The fourth-order valence-electron chi connectivity index (χ4n) is 1.54. The van der Waals surface area contributed by atoms with Crippen molar-refractivity contribution in [2.75, 3.05) is 14.2 Å². The molecule has 0 aliphatic rings. The van der Waals surface area contributed by atoms with Crippen LogP contribution >= 0.6 is 0 Å². The maximum atomic E-state index is 11.2. The molecular formula is C12H16NO4. The largest absolute Gasteiger partial charge is 0.469 e. The van der Waals surface area contributed by atoms with E-state index in [4.69, 9.17) is 0 Å². The van der Waals surface area contributed by atoms with E-state index in [0.717, 1.165) is 16.8 Å². The van der Waals surface area contributed by atoms with Crippen LogP contribution in [0, 0.1) is 13.1 Å². The van der Waals surface area contributed by atoms with Gasteiger partial charge in [-0.1, -0.05) is 0 Å². The highest BCUT2D eigenvalue weighted by Gasteiger charge is 2.14. The topological polar surface area (TPSA) is 68.4 Å². The molecule has 5 heteroatoms. The fraction of sp³-hybridized carbons (Fsp3) is 0.500. The number of hydrogen-bond donors (Lipinski definition) is 1. The highest BCUT2D eigenvalue weighted by atomic mass is 16.5. The Labute approximate surface area is 100 Å². The minimum absolute atomic E-state index is 0.193. The molecule has 0 saturated carbocycles. The average Bonchev–Trinajstić information content (AvgIpc) is 2.67. The summed E-state index contributed by atoms with van der Waals surface area (Å²) in [6, 6.07) is 0. The molecule has 0 aromatic carbocycles. The molecule has 1 aromatic rings. The van der Waals surface area contributed by atoms with Crippen LogP contribution < -0.4 is 0 Å². The summed E-state index contributed by atoms with van der Waals surface area (Å²) in [6.45, 7) is 1.86. The first kappa shape index (κ1) is 13.3. The monoisotopic (exact) mass is 238 g/mol. The first-order chi connectivity index (χ1) is 8.08. The van der Waals surface area contributed by atoms with Crippen LogP contribution in [0.1, 0.15) is 23.2 Å². The van der Waals surface area contributed by atoms with Gasteiger partial charge in [0.1, 0.15) is 0 Å². The Morgan fingerprint density at radius 2 is 1.88 bits per heavy atom. The number of H-pyrrole nitrogens is 1. The highest BCUT2D eigenvalue weighted by Crippen LogP contribution is 2.16. The molecule has 0 amide bonds. The van der Waals surface area contributed by atoms with E-state index in [1.165, 1.54) is 14.2 Å². The number of carbonyl (C=O) groups excluding carboxylic acids is 2. The number of esters is 2. The Bertz CT molecular complexity index is 409. The molecule has 0 bridgehead atoms. The van der Waals surface area contributed by atoms with Gasteiger partial charge < -0.3 is 14.5 Å². The van der Waals surface area contributed by atoms with E-state index in [1.807, 2.05) is 6.92 Å². The van der Waals surface area contributed by atoms with Gasteiger partial charge in [-0.25, -0.2) is 0 Å². The van der Waals surface area contributed by atoms with Crippen LogP contribution in [0.2, 0.25) is 0 Å². The number of rotatable bonds is 5. The number of aryl methyl sites for hydroxylation is 2. The van der Waals surface area contributed by atoms with E-state index in [-0.39, 0.29) is 24.8 Å². The molecule has 1 rings (SSSR count). The predicted molar refractivity (Wildman–Crippen MR) is 60.4 cm³/mol. The number of aromatic amines is 1.